The second-order valence-corrected chi connectivity index (χ2v) is 6.82. The van der Waals surface area contributed by atoms with Crippen LogP contribution in [0.5, 0.6) is 0 Å². The van der Waals surface area contributed by atoms with E-state index in [2.05, 4.69) is 0 Å². The molecule has 0 aliphatic heterocycles. The van der Waals surface area contributed by atoms with Crippen LogP contribution in [0.25, 0.3) is 0 Å². The lowest BCUT2D eigenvalue weighted by atomic mass is 10.2. The maximum absolute atomic E-state index is 12.7. The second-order valence-electron chi connectivity index (χ2n) is 5.00. The lowest BCUT2D eigenvalue weighted by molar-refractivity contribution is 0.283. The number of hydrogen-bond acceptors (Lipinski definition) is 4. The standard InChI is InChI=1S/C14H17NO4S/c16-20(17,14-8-4-10-19-14)15(12-5-1-2-6-12)11-13-7-3-9-18-13/h3-4,7-10,12H,1-2,5-6,11H2. The van der Waals surface area contributed by atoms with Crippen molar-refractivity contribution >= 4 is 10.0 Å². The molecule has 0 radical (unpaired) electrons. The molecule has 0 amide bonds. The summed E-state index contributed by atoms with van der Waals surface area (Å²) in [6, 6.07) is 6.66. The third-order valence-corrected chi connectivity index (χ3v) is 5.47. The molecule has 1 aliphatic rings. The van der Waals surface area contributed by atoms with E-state index in [9.17, 15) is 8.42 Å². The highest BCUT2D eigenvalue weighted by Crippen LogP contribution is 2.30. The molecule has 1 fully saturated rings. The molecule has 1 saturated carbocycles. The number of furan rings is 2. The summed E-state index contributed by atoms with van der Waals surface area (Å²) in [5, 5.41) is -0.00374. The van der Waals surface area contributed by atoms with Crippen LogP contribution in [-0.4, -0.2) is 18.8 Å². The second kappa shape index (κ2) is 5.46. The predicted molar refractivity (Wildman–Crippen MR) is 72.4 cm³/mol. The molecule has 6 heteroatoms. The van der Waals surface area contributed by atoms with Crippen molar-refractivity contribution in [3.8, 4) is 0 Å². The molecule has 3 rings (SSSR count). The van der Waals surface area contributed by atoms with Gasteiger partial charge >= 0.3 is 0 Å². The van der Waals surface area contributed by atoms with Crippen molar-refractivity contribution in [2.75, 3.05) is 0 Å². The maximum Gasteiger partial charge on any atom is 0.277 e. The molecule has 0 saturated heterocycles. The third kappa shape index (κ3) is 2.53. The van der Waals surface area contributed by atoms with Gasteiger partial charge in [0.1, 0.15) is 5.76 Å². The normalized spacial score (nSPS) is 17.1. The lowest BCUT2D eigenvalue weighted by Crippen LogP contribution is -2.38. The van der Waals surface area contributed by atoms with Crippen LogP contribution in [0, 0.1) is 0 Å². The van der Waals surface area contributed by atoms with Crippen LogP contribution in [0.3, 0.4) is 0 Å². The van der Waals surface area contributed by atoms with Gasteiger partial charge in [0.2, 0.25) is 5.09 Å². The van der Waals surface area contributed by atoms with Crippen LogP contribution < -0.4 is 0 Å². The predicted octanol–water partition coefficient (Wildman–Crippen LogP) is 3.01. The highest BCUT2D eigenvalue weighted by molar-refractivity contribution is 7.89. The van der Waals surface area contributed by atoms with Crippen molar-refractivity contribution in [3.05, 3.63) is 42.6 Å². The number of sulfonamides is 1. The van der Waals surface area contributed by atoms with E-state index in [-0.39, 0.29) is 17.7 Å². The summed E-state index contributed by atoms with van der Waals surface area (Å²) in [5.74, 6) is 0.645. The van der Waals surface area contributed by atoms with Crippen LogP contribution in [0.1, 0.15) is 31.4 Å². The molecule has 0 unspecified atom stereocenters. The average molecular weight is 295 g/mol. The fraction of sp³-hybridized carbons (Fsp3) is 0.429. The molecular weight excluding hydrogens is 278 g/mol. The van der Waals surface area contributed by atoms with Gasteiger partial charge in [-0.2, -0.15) is 4.31 Å². The van der Waals surface area contributed by atoms with E-state index in [1.165, 1.54) is 16.6 Å². The van der Waals surface area contributed by atoms with Crippen molar-refractivity contribution in [1.82, 2.24) is 4.31 Å². The van der Waals surface area contributed by atoms with E-state index in [1.54, 1.807) is 24.5 Å². The van der Waals surface area contributed by atoms with Gasteiger partial charge in [-0.05, 0) is 37.1 Å². The molecular formula is C14H17NO4S. The summed E-state index contributed by atoms with van der Waals surface area (Å²) in [6.07, 6.45) is 6.84. The first-order valence-electron chi connectivity index (χ1n) is 6.75. The van der Waals surface area contributed by atoms with Gasteiger partial charge in [-0.25, -0.2) is 8.42 Å². The van der Waals surface area contributed by atoms with Gasteiger partial charge in [-0.3, -0.25) is 0 Å². The van der Waals surface area contributed by atoms with E-state index in [0.717, 1.165) is 25.7 Å². The summed E-state index contributed by atoms with van der Waals surface area (Å²) in [5.41, 5.74) is 0. The van der Waals surface area contributed by atoms with Crippen LogP contribution >= 0.6 is 0 Å². The number of hydrogen-bond donors (Lipinski definition) is 0. The zero-order valence-corrected chi connectivity index (χ0v) is 11.9. The van der Waals surface area contributed by atoms with Crippen molar-refractivity contribution in [3.63, 3.8) is 0 Å². The van der Waals surface area contributed by atoms with E-state index >= 15 is 0 Å². The van der Waals surface area contributed by atoms with Gasteiger partial charge in [0, 0.05) is 6.04 Å². The van der Waals surface area contributed by atoms with Crippen molar-refractivity contribution in [1.29, 1.82) is 0 Å². The topological polar surface area (TPSA) is 63.7 Å². The Bertz CT molecular complexity index is 625. The summed E-state index contributed by atoms with van der Waals surface area (Å²) in [4.78, 5) is 0. The van der Waals surface area contributed by atoms with E-state index in [0.29, 0.717) is 5.76 Å². The molecule has 2 aromatic heterocycles. The first kappa shape index (κ1) is 13.5. The summed E-state index contributed by atoms with van der Waals surface area (Å²) in [7, 11) is -3.61. The van der Waals surface area contributed by atoms with Gasteiger partial charge < -0.3 is 8.83 Å². The van der Waals surface area contributed by atoms with Gasteiger partial charge in [0.05, 0.1) is 19.1 Å². The summed E-state index contributed by atoms with van der Waals surface area (Å²) < 4.78 is 37.3. The zero-order chi connectivity index (χ0) is 14.0. The van der Waals surface area contributed by atoms with Gasteiger partial charge in [-0.1, -0.05) is 12.8 Å². The summed E-state index contributed by atoms with van der Waals surface area (Å²) >= 11 is 0. The molecule has 20 heavy (non-hydrogen) atoms. The Kier molecular flexibility index (Phi) is 3.67. The first-order chi connectivity index (χ1) is 9.68. The van der Waals surface area contributed by atoms with Gasteiger partial charge in [0.15, 0.2) is 0 Å². The number of rotatable bonds is 5. The Morgan fingerprint density at radius 2 is 1.80 bits per heavy atom. The smallest absolute Gasteiger partial charge is 0.277 e. The van der Waals surface area contributed by atoms with Crippen molar-refractivity contribution in [2.45, 2.75) is 43.4 Å². The molecule has 5 nitrogen and oxygen atoms in total. The van der Waals surface area contributed by atoms with Crippen LogP contribution in [0.2, 0.25) is 0 Å². The molecule has 2 heterocycles. The maximum atomic E-state index is 12.7. The minimum absolute atomic E-state index is 0.00374. The van der Waals surface area contributed by atoms with Crippen LogP contribution in [-0.2, 0) is 16.6 Å². The van der Waals surface area contributed by atoms with Crippen LogP contribution in [0.4, 0.5) is 0 Å². The first-order valence-corrected chi connectivity index (χ1v) is 8.19. The lowest BCUT2D eigenvalue weighted by Gasteiger charge is -2.26. The Morgan fingerprint density at radius 1 is 1.10 bits per heavy atom. The summed E-state index contributed by atoms with van der Waals surface area (Å²) in [6.45, 7) is 0.251. The molecule has 0 spiro atoms. The van der Waals surface area contributed by atoms with Crippen LogP contribution in [0.15, 0.2) is 50.7 Å². The molecule has 108 valence electrons. The molecule has 2 aromatic rings. The Balaban J connectivity index is 1.92. The molecule has 0 N–H and O–H groups in total. The minimum Gasteiger partial charge on any atom is -0.468 e. The van der Waals surface area contributed by atoms with E-state index in [4.69, 9.17) is 8.83 Å². The monoisotopic (exact) mass is 295 g/mol. The highest BCUT2D eigenvalue weighted by Gasteiger charge is 2.35. The van der Waals surface area contributed by atoms with E-state index < -0.39 is 10.0 Å². The quantitative estimate of drug-likeness (QED) is 0.850. The van der Waals surface area contributed by atoms with E-state index in [1.807, 2.05) is 0 Å². The SMILES string of the molecule is O=S(=O)(c1ccco1)N(Cc1ccco1)C1CCCC1. The Labute approximate surface area is 118 Å². The third-order valence-electron chi connectivity index (χ3n) is 3.68. The molecule has 1 aliphatic carbocycles. The van der Waals surface area contributed by atoms with Crippen molar-refractivity contribution in [2.24, 2.45) is 0 Å². The van der Waals surface area contributed by atoms with Crippen molar-refractivity contribution < 1.29 is 17.3 Å². The Hall–Kier alpha value is -1.53. The average Bonchev–Trinajstić information content (AvgIpc) is 3.16. The molecule has 0 aromatic carbocycles. The minimum atomic E-state index is -3.61. The fourth-order valence-corrected chi connectivity index (χ4v) is 4.24. The molecule has 0 bridgehead atoms. The van der Waals surface area contributed by atoms with Gasteiger partial charge in [-0.15, -0.1) is 0 Å². The number of nitrogens with zero attached hydrogens (tertiary/aromatic N) is 1. The Morgan fingerprint density at radius 3 is 2.40 bits per heavy atom. The largest absolute Gasteiger partial charge is 0.468 e. The highest BCUT2D eigenvalue weighted by atomic mass is 32.2. The fourth-order valence-electron chi connectivity index (χ4n) is 2.68. The molecule has 0 atom stereocenters. The van der Waals surface area contributed by atoms with Gasteiger partial charge in [0.25, 0.3) is 10.0 Å². The zero-order valence-electron chi connectivity index (χ0n) is 11.1.